The number of aromatic nitrogens is 2. The molecule has 1 aromatic heterocycles. The average Bonchev–Trinajstić information content (AvgIpc) is 2.80. The molecule has 0 aliphatic heterocycles. The molecule has 0 aliphatic rings. The third-order valence-electron chi connectivity index (χ3n) is 2.88. The van der Waals surface area contributed by atoms with Gasteiger partial charge in [-0.2, -0.15) is 5.10 Å². The number of nitrogens with one attached hydrogen (secondary N) is 1. The molecule has 0 fully saturated rings. The predicted molar refractivity (Wildman–Crippen MR) is 77.9 cm³/mol. The minimum Gasteiger partial charge on any atom is -0.347 e. The summed E-state index contributed by atoms with van der Waals surface area (Å²) in [5, 5.41) is 6.92. The van der Waals surface area contributed by atoms with Crippen LogP contribution in [0.3, 0.4) is 0 Å². The van der Waals surface area contributed by atoms with E-state index in [-0.39, 0.29) is 18.3 Å². The highest BCUT2D eigenvalue weighted by molar-refractivity contribution is 9.10. The van der Waals surface area contributed by atoms with Crippen molar-refractivity contribution in [2.75, 3.05) is 0 Å². The van der Waals surface area contributed by atoms with Crippen LogP contribution in [-0.4, -0.2) is 15.7 Å². The van der Waals surface area contributed by atoms with Gasteiger partial charge in [0.25, 0.3) is 5.91 Å². The molecule has 2 rings (SSSR count). The highest BCUT2D eigenvalue weighted by atomic mass is 79.9. The maximum Gasteiger partial charge on any atom is 0.269 e. The van der Waals surface area contributed by atoms with Crippen LogP contribution < -0.4 is 5.32 Å². The van der Waals surface area contributed by atoms with Crippen LogP contribution in [0.5, 0.6) is 0 Å². The first-order chi connectivity index (χ1) is 9.51. The van der Waals surface area contributed by atoms with E-state index in [1.807, 2.05) is 13.8 Å². The maximum absolute atomic E-state index is 13.6. The normalized spacial score (nSPS) is 10.6. The number of nitrogens with zero attached hydrogens (tertiary/aromatic N) is 2. The zero-order chi connectivity index (χ0) is 14.7. The number of hydrogen-bond acceptors (Lipinski definition) is 2. The number of carbonyl (C=O) groups excluding carboxylic acids is 1. The summed E-state index contributed by atoms with van der Waals surface area (Å²) in [6, 6.07) is 6.36. The van der Waals surface area contributed by atoms with E-state index in [1.54, 1.807) is 22.9 Å². The Bertz CT molecular complexity index is 639. The summed E-state index contributed by atoms with van der Waals surface area (Å²) in [5.41, 5.74) is 1.71. The molecular weight excluding hydrogens is 325 g/mol. The summed E-state index contributed by atoms with van der Waals surface area (Å²) in [4.78, 5) is 12.1. The Kier molecular flexibility index (Phi) is 4.54. The molecule has 1 N–H and O–H groups in total. The number of hydrogen-bond donors (Lipinski definition) is 1. The topological polar surface area (TPSA) is 46.9 Å². The number of carbonyl (C=O) groups is 1. The van der Waals surface area contributed by atoms with Crippen LogP contribution in [-0.2, 0) is 13.1 Å². The third kappa shape index (κ3) is 3.25. The monoisotopic (exact) mass is 339 g/mol. The lowest BCUT2D eigenvalue weighted by Gasteiger charge is -2.08. The lowest BCUT2D eigenvalue weighted by Crippen LogP contribution is -2.26. The van der Waals surface area contributed by atoms with Gasteiger partial charge in [0.15, 0.2) is 0 Å². The molecule has 2 aromatic rings. The Hall–Kier alpha value is -1.69. The molecule has 0 saturated carbocycles. The molecule has 1 heterocycles. The summed E-state index contributed by atoms with van der Waals surface area (Å²) in [5.74, 6) is -0.597. The minimum absolute atomic E-state index is 0.137. The summed E-state index contributed by atoms with van der Waals surface area (Å²) in [7, 11) is 0. The van der Waals surface area contributed by atoms with Crippen molar-refractivity contribution in [1.82, 2.24) is 15.1 Å². The SMILES string of the molecule is CCn1nc(C)cc1C(=O)NCc1cc(Br)ccc1F. The molecule has 0 unspecified atom stereocenters. The third-order valence-corrected chi connectivity index (χ3v) is 3.37. The van der Waals surface area contributed by atoms with Gasteiger partial charge < -0.3 is 5.32 Å². The van der Waals surface area contributed by atoms with Gasteiger partial charge in [-0.1, -0.05) is 15.9 Å². The molecule has 1 aromatic carbocycles. The van der Waals surface area contributed by atoms with Crippen LogP contribution in [0.25, 0.3) is 0 Å². The predicted octanol–water partition coefficient (Wildman–Crippen LogP) is 3.04. The van der Waals surface area contributed by atoms with Gasteiger partial charge in [-0.3, -0.25) is 9.48 Å². The Labute approximate surface area is 125 Å². The molecule has 0 saturated heterocycles. The van der Waals surface area contributed by atoms with E-state index in [1.165, 1.54) is 6.07 Å². The van der Waals surface area contributed by atoms with Crippen molar-refractivity contribution in [2.45, 2.75) is 26.9 Å². The second-order valence-corrected chi connectivity index (χ2v) is 5.32. The molecule has 6 heteroatoms. The second kappa shape index (κ2) is 6.17. The maximum atomic E-state index is 13.6. The van der Waals surface area contributed by atoms with Crippen molar-refractivity contribution in [3.63, 3.8) is 0 Å². The van der Waals surface area contributed by atoms with E-state index in [0.29, 0.717) is 17.8 Å². The first kappa shape index (κ1) is 14.7. The Morgan fingerprint density at radius 3 is 2.90 bits per heavy atom. The highest BCUT2D eigenvalue weighted by Gasteiger charge is 2.13. The smallest absolute Gasteiger partial charge is 0.269 e. The van der Waals surface area contributed by atoms with Gasteiger partial charge in [0.1, 0.15) is 11.5 Å². The van der Waals surface area contributed by atoms with Crippen molar-refractivity contribution in [3.05, 3.63) is 51.5 Å². The zero-order valence-electron chi connectivity index (χ0n) is 11.3. The number of aryl methyl sites for hydroxylation is 2. The van der Waals surface area contributed by atoms with Crippen LogP contribution in [0.4, 0.5) is 4.39 Å². The molecule has 106 valence electrons. The molecule has 0 aliphatic carbocycles. The van der Waals surface area contributed by atoms with E-state index in [4.69, 9.17) is 0 Å². The van der Waals surface area contributed by atoms with Gasteiger partial charge in [-0.05, 0) is 38.1 Å². The number of amides is 1. The van der Waals surface area contributed by atoms with Crippen LogP contribution in [0, 0.1) is 12.7 Å². The Morgan fingerprint density at radius 1 is 1.45 bits per heavy atom. The highest BCUT2D eigenvalue weighted by Crippen LogP contribution is 2.15. The van der Waals surface area contributed by atoms with Crippen LogP contribution in [0.15, 0.2) is 28.7 Å². The number of rotatable bonds is 4. The molecule has 0 bridgehead atoms. The van der Waals surface area contributed by atoms with Gasteiger partial charge in [0.2, 0.25) is 0 Å². The summed E-state index contributed by atoms with van der Waals surface area (Å²) in [6.07, 6.45) is 0. The van der Waals surface area contributed by atoms with Crippen molar-refractivity contribution in [2.24, 2.45) is 0 Å². The molecule has 0 atom stereocenters. The van der Waals surface area contributed by atoms with E-state index >= 15 is 0 Å². The standard InChI is InChI=1S/C14H15BrFN3O/c1-3-19-13(6-9(2)18-19)14(20)17-8-10-7-11(15)4-5-12(10)16/h4-7H,3,8H2,1-2H3,(H,17,20). The molecule has 0 radical (unpaired) electrons. The number of halogens is 2. The van der Waals surface area contributed by atoms with Crippen molar-refractivity contribution in [1.29, 1.82) is 0 Å². The molecule has 4 nitrogen and oxygen atoms in total. The van der Waals surface area contributed by atoms with Gasteiger partial charge in [-0.25, -0.2) is 4.39 Å². The van der Waals surface area contributed by atoms with E-state index < -0.39 is 0 Å². The van der Waals surface area contributed by atoms with Crippen molar-refractivity contribution >= 4 is 21.8 Å². The van der Waals surface area contributed by atoms with Gasteiger partial charge in [0.05, 0.1) is 5.69 Å². The zero-order valence-corrected chi connectivity index (χ0v) is 12.9. The van der Waals surface area contributed by atoms with Gasteiger partial charge in [0, 0.05) is 23.1 Å². The van der Waals surface area contributed by atoms with Crippen molar-refractivity contribution < 1.29 is 9.18 Å². The fraction of sp³-hybridized carbons (Fsp3) is 0.286. The largest absolute Gasteiger partial charge is 0.347 e. The van der Waals surface area contributed by atoms with Crippen LogP contribution in [0.2, 0.25) is 0 Å². The summed E-state index contributed by atoms with van der Waals surface area (Å²) >= 11 is 3.28. The fourth-order valence-electron chi connectivity index (χ4n) is 1.91. The van der Waals surface area contributed by atoms with Gasteiger partial charge >= 0.3 is 0 Å². The van der Waals surface area contributed by atoms with Crippen LogP contribution in [0.1, 0.15) is 28.7 Å². The Morgan fingerprint density at radius 2 is 2.20 bits per heavy atom. The molecule has 0 spiro atoms. The molecular formula is C14H15BrFN3O. The van der Waals surface area contributed by atoms with E-state index in [9.17, 15) is 9.18 Å². The summed E-state index contributed by atoms with van der Waals surface area (Å²) in [6.45, 7) is 4.49. The lowest BCUT2D eigenvalue weighted by atomic mass is 10.2. The second-order valence-electron chi connectivity index (χ2n) is 4.41. The lowest BCUT2D eigenvalue weighted by molar-refractivity contribution is 0.0940. The van der Waals surface area contributed by atoms with E-state index in [0.717, 1.165) is 10.2 Å². The first-order valence-corrected chi connectivity index (χ1v) is 7.07. The quantitative estimate of drug-likeness (QED) is 0.930. The average molecular weight is 340 g/mol. The van der Waals surface area contributed by atoms with E-state index in [2.05, 4.69) is 26.3 Å². The summed E-state index contributed by atoms with van der Waals surface area (Å²) < 4.78 is 16.0. The molecule has 20 heavy (non-hydrogen) atoms. The fourth-order valence-corrected chi connectivity index (χ4v) is 2.32. The van der Waals surface area contributed by atoms with Gasteiger partial charge in [-0.15, -0.1) is 0 Å². The van der Waals surface area contributed by atoms with Crippen molar-refractivity contribution in [3.8, 4) is 0 Å². The Balaban J connectivity index is 2.10. The van der Waals surface area contributed by atoms with Crippen LogP contribution >= 0.6 is 15.9 Å². The first-order valence-electron chi connectivity index (χ1n) is 6.28. The molecule has 1 amide bonds. The minimum atomic E-state index is -0.339. The number of benzene rings is 1.